The first-order chi connectivity index (χ1) is 10.5. The standard InChI is InChI=1S/C16H17ClN4O/c1-4-8-18-16(22)14-9-15(20-11(3)19-14)21-13-7-5-6-12(17)10(13)2/h4-7,9H,1,8H2,2-3H3,(H,18,22)(H,19,20,21). The Labute approximate surface area is 134 Å². The van der Waals surface area contributed by atoms with Gasteiger partial charge >= 0.3 is 0 Å². The van der Waals surface area contributed by atoms with E-state index in [1.54, 1.807) is 19.1 Å². The third kappa shape index (κ3) is 3.83. The summed E-state index contributed by atoms with van der Waals surface area (Å²) in [7, 11) is 0. The molecule has 1 aromatic heterocycles. The van der Waals surface area contributed by atoms with Crippen LogP contribution in [0.5, 0.6) is 0 Å². The fourth-order valence-electron chi connectivity index (χ4n) is 1.88. The normalized spacial score (nSPS) is 10.1. The van der Waals surface area contributed by atoms with Crippen molar-refractivity contribution in [3.8, 4) is 0 Å². The number of anilines is 2. The highest BCUT2D eigenvalue weighted by molar-refractivity contribution is 6.31. The number of halogens is 1. The fourth-order valence-corrected chi connectivity index (χ4v) is 2.06. The van der Waals surface area contributed by atoms with E-state index in [0.717, 1.165) is 11.3 Å². The molecular weight excluding hydrogens is 300 g/mol. The van der Waals surface area contributed by atoms with Crippen LogP contribution >= 0.6 is 11.6 Å². The molecule has 0 aliphatic heterocycles. The molecule has 0 bridgehead atoms. The first kappa shape index (κ1) is 16.0. The van der Waals surface area contributed by atoms with Gasteiger partial charge in [0.05, 0.1) is 0 Å². The molecular formula is C16H17ClN4O. The number of benzene rings is 1. The van der Waals surface area contributed by atoms with Gasteiger partial charge in [0.15, 0.2) is 0 Å². The Morgan fingerprint density at radius 3 is 2.86 bits per heavy atom. The zero-order chi connectivity index (χ0) is 16.1. The number of hydrogen-bond donors (Lipinski definition) is 2. The highest BCUT2D eigenvalue weighted by Crippen LogP contribution is 2.25. The summed E-state index contributed by atoms with van der Waals surface area (Å²) in [5, 5.41) is 6.53. The Bertz CT molecular complexity index is 715. The molecule has 0 fully saturated rings. The molecule has 5 nitrogen and oxygen atoms in total. The maximum absolute atomic E-state index is 12.0. The maximum Gasteiger partial charge on any atom is 0.270 e. The first-order valence-corrected chi connectivity index (χ1v) is 7.16. The van der Waals surface area contributed by atoms with Gasteiger partial charge in [-0.05, 0) is 31.5 Å². The second kappa shape index (κ2) is 7.04. The summed E-state index contributed by atoms with van der Waals surface area (Å²) in [6.45, 7) is 7.60. The van der Waals surface area contributed by atoms with Crippen molar-refractivity contribution >= 4 is 29.0 Å². The molecule has 0 saturated heterocycles. The van der Waals surface area contributed by atoms with Gasteiger partial charge in [0.25, 0.3) is 5.91 Å². The third-order valence-corrected chi connectivity index (χ3v) is 3.42. The van der Waals surface area contributed by atoms with Crippen molar-refractivity contribution in [3.05, 3.63) is 59.0 Å². The number of hydrogen-bond acceptors (Lipinski definition) is 4. The van der Waals surface area contributed by atoms with Gasteiger partial charge in [-0.1, -0.05) is 23.7 Å². The highest BCUT2D eigenvalue weighted by atomic mass is 35.5. The van der Waals surface area contributed by atoms with Crippen LogP contribution in [0.15, 0.2) is 36.9 Å². The van der Waals surface area contributed by atoms with Gasteiger partial charge in [-0.25, -0.2) is 9.97 Å². The molecule has 0 spiro atoms. The van der Waals surface area contributed by atoms with Crippen LogP contribution in [0.4, 0.5) is 11.5 Å². The van der Waals surface area contributed by atoms with E-state index in [4.69, 9.17) is 11.6 Å². The minimum absolute atomic E-state index is 0.267. The number of rotatable bonds is 5. The quantitative estimate of drug-likeness (QED) is 0.830. The second-order valence-electron chi connectivity index (χ2n) is 4.72. The summed E-state index contributed by atoms with van der Waals surface area (Å²) < 4.78 is 0. The molecule has 1 amide bonds. The summed E-state index contributed by atoms with van der Waals surface area (Å²) in [5.41, 5.74) is 2.05. The van der Waals surface area contributed by atoms with Crippen molar-refractivity contribution in [1.82, 2.24) is 15.3 Å². The molecule has 2 N–H and O–H groups in total. The van der Waals surface area contributed by atoms with Gasteiger partial charge in [0.2, 0.25) is 0 Å². The van der Waals surface area contributed by atoms with E-state index < -0.39 is 0 Å². The number of carbonyl (C=O) groups excluding carboxylic acids is 1. The highest BCUT2D eigenvalue weighted by Gasteiger charge is 2.11. The maximum atomic E-state index is 12.0. The van der Waals surface area contributed by atoms with E-state index in [-0.39, 0.29) is 5.91 Å². The van der Waals surface area contributed by atoms with E-state index in [1.807, 2.05) is 25.1 Å². The number of amides is 1. The molecule has 1 heterocycles. The van der Waals surface area contributed by atoms with Crippen LogP contribution in [0, 0.1) is 13.8 Å². The molecule has 0 radical (unpaired) electrons. The largest absolute Gasteiger partial charge is 0.347 e. The molecule has 0 aliphatic carbocycles. The van der Waals surface area contributed by atoms with Crippen molar-refractivity contribution < 1.29 is 4.79 Å². The minimum Gasteiger partial charge on any atom is -0.347 e. The van der Waals surface area contributed by atoms with Crippen molar-refractivity contribution in [2.45, 2.75) is 13.8 Å². The molecule has 114 valence electrons. The number of nitrogens with zero attached hydrogens (tertiary/aromatic N) is 2. The zero-order valence-corrected chi connectivity index (χ0v) is 13.2. The lowest BCUT2D eigenvalue weighted by atomic mass is 10.2. The van der Waals surface area contributed by atoms with E-state index >= 15 is 0 Å². The Morgan fingerprint density at radius 2 is 2.14 bits per heavy atom. The molecule has 1 aromatic carbocycles. The summed E-state index contributed by atoms with van der Waals surface area (Å²) in [4.78, 5) is 20.4. The van der Waals surface area contributed by atoms with Crippen LogP contribution in [-0.2, 0) is 0 Å². The van der Waals surface area contributed by atoms with Gasteiger partial charge in [0, 0.05) is 23.3 Å². The Morgan fingerprint density at radius 1 is 1.36 bits per heavy atom. The minimum atomic E-state index is -0.267. The fraction of sp³-hybridized carbons (Fsp3) is 0.188. The van der Waals surface area contributed by atoms with Crippen LogP contribution in [0.3, 0.4) is 0 Å². The number of aromatic nitrogens is 2. The van der Waals surface area contributed by atoms with Crippen molar-refractivity contribution in [2.75, 3.05) is 11.9 Å². The van der Waals surface area contributed by atoms with E-state index in [2.05, 4.69) is 27.2 Å². The van der Waals surface area contributed by atoms with Gasteiger partial charge < -0.3 is 10.6 Å². The Hall–Kier alpha value is -2.40. The lowest BCUT2D eigenvalue weighted by molar-refractivity contribution is 0.0952. The molecule has 0 aliphatic rings. The topological polar surface area (TPSA) is 66.9 Å². The monoisotopic (exact) mass is 316 g/mol. The predicted molar refractivity (Wildman–Crippen MR) is 88.8 cm³/mol. The molecule has 2 aromatic rings. The lowest BCUT2D eigenvalue weighted by Crippen LogP contribution is -2.24. The summed E-state index contributed by atoms with van der Waals surface area (Å²) >= 11 is 6.10. The van der Waals surface area contributed by atoms with E-state index in [0.29, 0.717) is 28.9 Å². The molecule has 2 rings (SSSR count). The average molecular weight is 317 g/mol. The molecule has 6 heteroatoms. The predicted octanol–water partition coefficient (Wildman–Crippen LogP) is 3.41. The molecule has 0 atom stereocenters. The van der Waals surface area contributed by atoms with Gasteiger partial charge in [-0.15, -0.1) is 6.58 Å². The first-order valence-electron chi connectivity index (χ1n) is 6.78. The van der Waals surface area contributed by atoms with Crippen LogP contribution in [0.2, 0.25) is 5.02 Å². The van der Waals surface area contributed by atoms with Crippen molar-refractivity contribution in [3.63, 3.8) is 0 Å². The van der Waals surface area contributed by atoms with Gasteiger partial charge in [0.1, 0.15) is 17.3 Å². The van der Waals surface area contributed by atoms with Crippen LogP contribution in [-0.4, -0.2) is 22.4 Å². The Balaban J connectivity index is 2.28. The molecule has 0 unspecified atom stereocenters. The van der Waals surface area contributed by atoms with Crippen molar-refractivity contribution in [1.29, 1.82) is 0 Å². The number of carbonyl (C=O) groups is 1. The lowest BCUT2D eigenvalue weighted by Gasteiger charge is -2.11. The van der Waals surface area contributed by atoms with Crippen LogP contribution in [0.25, 0.3) is 0 Å². The summed E-state index contributed by atoms with van der Waals surface area (Å²) in [5.74, 6) is 0.784. The van der Waals surface area contributed by atoms with E-state index in [9.17, 15) is 4.79 Å². The Kier molecular flexibility index (Phi) is 5.12. The zero-order valence-electron chi connectivity index (χ0n) is 12.5. The summed E-state index contributed by atoms with van der Waals surface area (Å²) in [6.07, 6.45) is 1.61. The van der Waals surface area contributed by atoms with E-state index in [1.165, 1.54) is 0 Å². The van der Waals surface area contributed by atoms with Gasteiger partial charge in [-0.2, -0.15) is 0 Å². The smallest absolute Gasteiger partial charge is 0.270 e. The third-order valence-electron chi connectivity index (χ3n) is 3.01. The van der Waals surface area contributed by atoms with Gasteiger partial charge in [-0.3, -0.25) is 4.79 Å². The van der Waals surface area contributed by atoms with Crippen molar-refractivity contribution in [2.24, 2.45) is 0 Å². The van der Waals surface area contributed by atoms with Crippen LogP contribution in [0.1, 0.15) is 21.9 Å². The average Bonchev–Trinajstić information content (AvgIpc) is 2.49. The second-order valence-corrected chi connectivity index (χ2v) is 5.13. The summed E-state index contributed by atoms with van der Waals surface area (Å²) in [6, 6.07) is 7.17. The number of nitrogens with one attached hydrogen (secondary N) is 2. The SMILES string of the molecule is C=CCNC(=O)c1cc(Nc2cccc(Cl)c2C)nc(C)n1. The van der Waals surface area contributed by atoms with Crippen LogP contribution < -0.4 is 10.6 Å². The molecule has 0 saturated carbocycles. The number of aryl methyl sites for hydroxylation is 1. The molecule has 22 heavy (non-hydrogen) atoms.